The highest BCUT2D eigenvalue weighted by Gasteiger charge is 2.19. The number of amides is 1. The molecule has 28 heavy (non-hydrogen) atoms. The molecule has 0 saturated carbocycles. The molecule has 1 amide bonds. The number of carbonyl (C=O) groups excluding carboxylic acids is 1. The molecule has 0 saturated heterocycles. The van der Waals surface area contributed by atoms with Gasteiger partial charge in [0.25, 0.3) is 5.91 Å². The number of aryl methyl sites for hydroxylation is 2. The van der Waals surface area contributed by atoms with Crippen molar-refractivity contribution in [1.29, 1.82) is 0 Å². The van der Waals surface area contributed by atoms with E-state index in [2.05, 4.69) is 0 Å². The Balaban J connectivity index is 1.78. The van der Waals surface area contributed by atoms with E-state index in [0.717, 1.165) is 16.7 Å². The van der Waals surface area contributed by atoms with E-state index in [1.54, 1.807) is 30.9 Å². The Morgan fingerprint density at radius 3 is 2.43 bits per heavy atom. The van der Waals surface area contributed by atoms with Gasteiger partial charge in [0.1, 0.15) is 5.75 Å². The van der Waals surface area contributed by atoms with E-state index in [0.29, 0.717) is 35.9 Å². The number of ether oxygens (including phenoxy) is 3. The van der Waals surface area contributed by atoms with Crippen LogP contribution in [0.2, 0.25) is 0 Å². The van der Waals surface area contributed by atoms with E-state index in [1.165, 1.54) is 0 Å². The van der Waals surface area contributed by atoms with Crippen molar-refractivity contribution in [3.63, 3.8) is 0 Å². The summed E-state index contributed by atoms with van der Waals surface area (Å²) in [7, 11) is 0. The lowest BCUT2D eigenvalue weighted by Gasteiger charge is -2.22. The van der Waals surface area contributed by atoms with Gasteiger partial charge in [0.05, 0.1) is 0 Å². The summed E-state index contributed by atoms with van der Waals surface area (Å²) < 4.78 is 16.1. The second-order valence-electron chi connectivity index (χ2n) is 6.63. The Labute approximate surface area is 163 Å². The van der Waals surface area contributed by atoms with Crippen LogP contribution >= 0.6 is 0 Å². The lowest BCUT2D eigenvalue weighted by Crippen LogP contribution is -2.30. The molecule has 3 rings (SSSR count). The van der Waals surface area contributed by atoms with E-state index in [9.17, 15) is 9.59 Å². The van der Waals surface area contributed by atoms with Gasteiger partial charge in [-0.05, 0) is 61.7 Å². The van der Waals surface area contributed by atoms with Crippen molar-refractivity contribution in [2.45, 2.75) is 27.3 Å². The largest absolute Gasteiger partial charge is 0.481 e. The first kappa shape index (κ1) is 19.5. The van der Waals surface area contributed by atoms with Crippen LogP contribution in [0.3, 0.4) is 0 Å². The SMILES string of the molecule is CCN(Cc1ccc2c(c1)OCO2)C(=O)c1cc(C)c(OCC(=O)O)c(C)c1. The highest BCUT2D eigenvalue weighted by molar-refractivity contribution is 5.95. The molecule has 0 spiro atoms. The van der Waals surface area contributed by atoms with Gasteiger partial charge in [-0.25, -0.2) is 4.79 Å². The van der Waals surface area contributed by atoms with Crippen LogP contribution in [0.15, 0.2) is 30.3 Å². The standard InChI is InChI=1S/C21H23NO6/c1-4-22(10-15-5-6-17-18(9-15)28-12-27-17)21(25)16-7-13(2)20(14(3)8-16)26-11-19(23)24/h5-9H,4,10-12H2,1-3H3,(H,23,24). The first-order chi connectivity index (χ1) is 13.4. The Morgan fingerprint density at radius 2 is 1.79 bits per heavy atom. The van der Waals surface area contributed by atoms with Gasteiger partial charge >= 0.3 is 5.97 Å². The first-order valence-electron chi connectivity index (χ1n) is 9.02. The maximum atomic E-state index is 13.0. The number of rotatable bonds is 7. The van der Waals surface area contributed by atoms with E-state index >= 15 is 0 Å². The summed E-state index contributed by atoms with van der Waals surface area (Å²) in [6, 6.07) is 9.11. The number of aliphatic carboxylic acids is 1. The van der Waals surface area contributed by atoms with Crippen LogP contribution < -0.4 is 14.2 Å². The van der Waals surface area contributed by atoms with E-state index < -0.39 is 12.6 Å². The molecule has 1 aliphatic rings. The number of benzene rings is 2. The number of carbonyl (C=O) groups is 2. The van der Waals surface area contributed by atoms with Crippen LogP contribution in [0.1, 0.15) is 34.0 Å². The van der Waals surface area contributed by atoms with Gasteiger partial charge in [-0.1, -0.05) is 6.07 Å². The third kappa shape index (κ3) is 4.19. The molecule has 2 aromatic carbocycles. The van der Waals surface area contributed by atoms with Gasteiger partial charge in [-0.15, -0.1) is 0 Å². The lowest BCUT2D eigenvalue weighted by atomic mass is 10.0. The molecule has 1 N–H and O–H groups in total. The number of carboxylic acid groups (broad SMARTS) is 1. The molecule has 0 unspecified atom stereocenters. The summed E-state index contributed by atoms with van der Waals surface area (Å²) in [6.07, 6.45) is 0. The fraction of sp³-hybridized carbons (Fsp3) is 0.333. The average molecular weight is 385 g/mol. The molecule has 148 valence electrons. The average Bonchev–Trinajstić information content (AvgIpc) is 3.12. The second kappa shape index (κ2) is 8.21. The Kier molecular flexibility index (Phi) is 5.73. The summed E-state index contributed by atoms with van der Waals surface area (Å²) in [6.45, 7) is 6.31. The topological polar surface area (TPSA) is 85.3 Å². The molecule has 0 atom stereocenters. The third-order valence-electron chi connectivity index (χ3n) is 4.53. The number of fused-ring (bicyclic) bond motifs is 1. The van der Waals surface area contributed by atoms with Gasteiger partial charge in [-0.3, -0.25) is 4.79 Å². The van der Waals surface area contributed by atoms with Crippen LogP contribution in [0.4, 0.5) is 0 Å². The molecule has 1 aliphatic heterocycles. The number of hydrogen-bond acceptors (Lipinski definition) is 5. The third-order valence-corrected chi connectivity index (χ3v) is 4.53. The zero-order chi connectivity index (χ0) is 20.3. The molecule has 0 aromatic heterocycles. The molecule has 0 fully saturated rings. The molecule has 0 aliphatic carbocycles. The van der Waals surface area contributed by atoms with E-state index in [4.69, 9.17) is 19.3 Å². The molecule has 2 aromatic rings. The molecule has 0 bridgehead atoms. The van der Waals surface area contributed by atoms with Crippen LogP contribution in [0.25, 0.3) is 0 Å². The zero-order valence-corrected chi connectivity index (χ0v) is 16.2. The predicted octanol–water partition coefficient (Wildman–Crippen LogP) is 3.16. The van der Waals surface area contributed by atoms with Crippen molar-refractivity contribution in [3.8, 4) is 17.2 Å². The predicted molar refractivity (Wildman–Crippen MR) is 102 cm³/mol. The molecule has 7 nitrogen and oxygen atoms in total. The number of nitrogens with zero attached hydrogens (tertiary/aromatic N) is 1. The van der Waals surface area contributed by atoms with Crippen molar-refractivity contribution in [1.82, 2.24) is 4.90 Å². The number of carboxylic acids is 1. The summed E-state index contributed by atoms with van der Waals surface area (Å²) >= 11 is 0. The van der Waals surface area contributed by atoms with Gasteiger partial charge in [0.15, 0.2) is 18.1 Å². The second-order valence-corrected chi connectivity index (χ2v) is 6.63. The van der Waals surface area contributed by atoms with Gasteiger partial charge in [-0.2, -0.15) is 0 Å². The van der Waals surface area contributed by atoms with E-state index in [-0.39, 0.29) is 12.7 Å². The van der Waals surface area contributed by atoms with Crippen molar-refractivity contribution >= 4 is 11.9 Å². The Hall–Kier alpha value is -3.22. The Morgan fingerprint density at radius 1 is 1.11 bits per heavy atom. The minimum atomic E-state index is -1.04. The fourth-order valence-corrected chi connectivity index (χ4v) is 3.20. The highest BCUT2D eigenvalue weighted by Crippen LogP contribution is 2.33. The Bertz CT molecular complexity index is 885. The summed E-state index contributed by atoms with van der Waals surface area (Å²) in [5, 5.41) is 8.80. The molecule has 7 heteroatoms. The summed E-state index contributed by atoms with van der Waals surface area (Å²) in [5.41, 5.74) is 2.95. The van der Waals surface area contributed by atoms with Crippen molar-refractivity contribution in [2.75, 3.05) is 19.9 Å². The van der Waals surface area contributed by atoms with Crippen LogP contribution in [-0.4, -0.2) is 41.8 Å². The van der Waals surface area contributed by atoms with Crippen molar-refractivity contribution in [3.05, 3.63) is 52.6 Å². The molecule has 0 radical (unpaired) electrons. The smallest absolute Gasteiger partial charge is 0.341 e. The molecular weight excluding hydrogens is 362 g/mol. The quantitative estimate of drug-likeness (QED) is 0.788. The normalized spacial score (nSPS) is 12.0. The first-order valence-corrected chi connectivity index (χ1v) is 9.02. The highest BCUT2D eigenvalue weighted by atomic mass is 16.7. The van der Waals surface area contributed by atoms with Crippen molar-refractivity contribution < 1.29 is 28.9 Å². The van der Waals surface area contributed by atoms with Crippen LogP contribution in [0.5, 0.6) is 17.2 Å². The molecular formula is C21H23NO6. The van der Waals surface area contributed by atoms with Gasteiger partial charge in [0, 0.05) is 18.7 Å². The summed E-state index contributed by atoms with van der Waals surface area (Å²) in [5.74, 6) is 0.753. The monoisotopic (exact) mass is 385 g/mol. The van der Waals surface area contributed by atoms with Crippen molar-refractivity contribution in [2.24, 2.45) is 0 Å². The summed E-state index contributed by atoms with van der Waals surface area (Å²) in [4.78, 5) is 25.5. The van der Waals surface area contributed by atoms with Crippen LogP contribution in [0, 0.1) is 13.8 Å². The maximum Gasteiger partial charge on any atom is 0.341 e. The minimum Gasteiger partial charge on any atom is -0.481 e. The lowest BCUT2D eigenvalue weighted by molar-refractivity contribution is -0.139. The zero-order valence-electron chi connectivity index (χ0n) is 16.2. The van der Waals surface area contributed by atoms with E-state index in [1.807, 2.05) is 25.1 Å². The maximum absolute atomic E-state index is 13.0. The van der Waals surface area contributed by atoms with Gasteiger partial charge in [0.2, 0.25) is 6.79 Å². The number of hydrogen-bond donors (Lipinski definition) is 1. The minimum absolute atomic E-state index is 0.101. The van der Waals surface area contributed by atoms with Crippen LogP contribution in [-0.2, 0) is 11.3 Å². The van der Waals surface area contributed by atoms with Gasteiger partial charge < -0.3 is 24.2 Å². The molecule has 1 heterocycles. The fourth-order valence-electron chi connectivity index (χ4n) is 3.20.